The van der Waals surface area contributed by atoms with Gasteiger partial charge in [0, 0.05) is 0 Å². The first-order valence-electron chi connectivity index (χ1n) is 19.1. The van der Waals surface area contributed by atoms with Crippen molar-refractivity contribution in [3.63, 3.8) is 0 Å². The minimum atomic E-state index is -1.88. The second-order valence-corrected chi connectivity index (χ2v) is 22.6. The second-order valence-electron chi connectivity index (χ2n) is 17.6. The van der Waals surface area contributed by atoms with E-state index in [1.165, 1.54) is 120 Å². The molecule has 0 unspecified atom stereocenters. The highest BCUT2D eigenvalue weighted by Crippen LogP contribution is 2.47. The highest BCUT2D eigenvalue weighted by molar-refractivity contribution is 7.02. The van der Waals surface area contributed by atoms with Crippen LogP contribution in [0.2, 0.25) is 19.6 Å². The summed E-state index contributed by atoms with van der Waals surface area (Å²) in [6.07, 6.45) is 0. The first-order chi connectivity index (χ1) is 25.4. The van der Waals surface area contributed by atoms with Gasteiger partial charge in [0.1, 0.15) is 23.0 Å². The molecule has 0 bridgehead atoms. The van der Waals surface area contributed by atoms with Gasteiger partial charge >= 0.3 is 0 Å². The molecular formula is C48H38B2O2Si. The first kappa shape index (κ1) is 30.2. The molecule has 4 aliphatic heterocycles. The molecule has 2 nitrogen and oxygen atoms in total. The fraction of sp³-hybridized carbons (Fsp3) is 0.167. The van der Waals surface area contributed by atoms with Gasteiger partial charge in [0.25, 0.3) is 13.4 Å². The fourth-order valence-corrected chi connectivity index (χ4v) is 12.4. The number of hydrogen-bond donors (Lipinski definition) is 0. The number of fused-ring (bicyclic) bond motifs is 8. The molecule has 0 spiro atoms. The maximum absolute atomic E-state index is 6.82. The summed E-state index contributed by atoms with van der Waals surface area (Å²) in [5.41, 5.74) is 19.7. The molecule has 0 atom stereocenters. The van der Waals surface area contributed by atoms with E-state index in [-0.39, 0.29) is 13.4 Å². The number of benzene rings is 8. The highest BCUT2D eigenvalue weighted by atomic mass is 28.3. The minimum Gasteiger partial charge on any atom is -0.458 e. The van der Waals surface area contributed by atoms with Crippen molar-refractivity contribution >= 4 is 91.8 Å². The van der Waals surface area contributed by atoms with E-state index in [1.807, 2.05) is 0 Å². The monoisotopic (exact) mass is 696 g/mol. The van der Waals surface area contributed by atoms with Gasteiger partial charge in [-0.1, -0.05) is 96.4 Å². The molecule has 0 radical (unpaired) electrons. The van der Waals surface area contributed by atoms with Crippen molar-refractivity contribution < 1.29 is 9.47 Å². The van der Waals surface area contributed by atoms with Gasteiger partial charge in [-0.2, -0.15) is 0 Å². The van der Waals surface area contributed by atoms with Crippen LogP contribution in [-0.4, -0.2) is 21.5 Å². The summed E-state index contributed by atoms with van der Waals surface area (Å²) in [6, 6.07) is 33.3. The average molecular weight is 697 g/mol. The van der Waals surface area contributed by atoms with Crippen molar-refractivity contribution in [1.29, 1.82) is 0 Å². The Kier molecular flexibility index (Phi) is 5.50. The Labute approximate surface area is 312 Å². The topological polar surface area (TPSA) is 18.5 Å². The van der Waals surface area contributed by atoms with E-state index in [9.17, 15) is 0 Å². The Morgan fingerprint density at radius 3 is 1.42 bits per heavy atom. The molecular weight excluding hydrogens is 658 g/mol. The van der Waals surface area contributed by atoms with Crippen molar-refractivity contribution in [3.05, 3.63) is 113 Å². The third-order valence-corrected chi connectivity index (χ3v) is 15.0. The van der Waals surface area contributed by atoms with Crippen LogP contribution in [0.25, 0.3) is 54.6 Å². The van der Waals surface area contributed by atoms with Gasteiger partial charge in [-0.05, 0) is 163 Å². The van der Waals surface area contributed by atoms with Crippen molar-refractivity contribution in [2.24, 2.45) is 0 Å². The SMILES string of the molecule is Cc1ccc2c(c1)Oc1cc(C)cc3c1B2c1cc2c([Si](C)(C)C)cc4c5c(cc6c(C)cc-3c1c6c25)B1c2ccc(C)cc2Oc2cc(C)cc-4c21. The van der Waals surface area contributed by atoms with Crippen LogP contribution in [0.1, 0.15) is 27.8 Å². The normalized spacial score (nSPS) is 14.3. The van der Waals surface area contributed by atoms with E-state index in [4.69, 9.17) is 9.47 Å². The molecule has 0 amide bonds. The standard InChI is InChI=1S/C48H38B2O2Si/c1-23-9-11-34-38(15-23)52-41-18-26(4)14-32-30-22-42(53(6,7)8)33-21-37-43-29(19-27(5)28-20-36(49(34)48(32)41)44(30)46(33)45(28)43)31-13-25(3)17-40-47(31)50(37)35-12-10-24(2)16-39(35)51-40/h9-22H,1-8H3. The molecule has 12 rings (SSSR count). The summed E-state index contributed by atoms with van der Waals surface area (Å²) >= 11 is 0. The molecule has 4 heterocycles. The predicted octanol–water partition coefficient (Wildman–Crippen LogP) is 7.88. The maximum Gasteiger partial charge on any atom is 0.252 e. The molecule has 252 valence electrons. The smallest absolute Gasteiger partial charge is 0.252 e. The zero-order valence-corrected chi connectivity index (χ0v) is 32.6. The Morgan fingerprint density at radius 1 is 0.415 bits per heavy atom. The molecule has 8 aromatic rings. The van der Waals surface area contributed by atoms with Gasteiger partial charge < -0.3 is 9.47 Å². The van der Waals surface area contributed by atoms with Crippen molar-refractivity contribution in [3.8, 4) is 45.3 Å². The van der Waals surface area contributed by atoms with Crippen LogP contribution in [0.15, 0.2) is 84.9 Å². The summed E-state index contributed by atoms with van der Waals surface area (Å²) in [5, 5.41) is 10.1. The van der Waals surface area contributed by atoms with Crippen LogP contribution in [0, 0.1) is 34.6 Å². The van der Waals surface area contributed by atoms with Crippen LogP contribution in [0.4, 0.5) is 0 Å². The molecule has 0 saturated heterocycles. The molecule has 0 saturated carbocycles. The van der Waals surface area contributed by atoms with E-state index in [0.717, 1.165) is 23.0 Å². The molecule has 0 fully saturated rings. The van der Waals surface area contributed by atoms with E-state index < -0.39 is 8.07 Å². The van der Waals surface area contributed by atoms with Gasteiger partial charge in [0.2, 0.25) is 0 Å². The van der Waals surface area contributed by atoms with Crippen LogP contribution < -0.4 is 47.4 Å². The summed E-state index contributed by atoms with van der Waals surface area (Å²) in [4.78, 5) is 0. The molecule has 0 N–H and O–H groups in total. The second kappa shape index (κ2) is 9.64. The Bertz CT molecular complexity index is 3060. The minimum absolute atomic E-state index is 0.102. The quantitative estimate of drug-likeness (QED) is 0.129. The summed E-state index contributed by atoms with van der Waals surface area (Å²) in [5.74, 6) is 3.99. The average Bonchev–Trinajstić information content (AvgIpc) is 3.10. The van der Waals surface area contributed by atoms with Gasteiger partial charge in [0.15, 0.2) is 0 Å². The van der Waals surface area contributed by atoms with Gasteiger partial charge in [0.05, 0.1) is 8.07 Å². The largest absolute Gasteiger partial charge is 0.458 e. The number of rotatable bonds is 1. The lowest BCUT2D eigenvalue weighted by Crippen LogP contribution is -2.58. The van der Waals surface area contributed by atoms with Gasteiger partial charge in [-0.3, -0.25) is 0 Å². The third kappa shape index (κ3) is 3.71. The Balaban J connectivity index is 1.32. The van der Waals surface area contributed by atoms with Gasteiger partial charge in [-0.25, -0.2) is 0 Å². The van der Waals surface area contributed by atoms with Crippen LogP contribution in [0.3, 0.4) is 0 Å². The lowest BCUT2D eigenvalue weighted by atomic mass is 9.32. The van der Waals surface area contributed by atoms with Gasteiger partial charge in [-0.15, -0.1) is 0 Å². The fourth-order valence-electron chi connectivity index (χ4n) is 10.8. The number of aryl methyl sites for hydroxylation is 5. The molecule has 53 heavy (non-hydrogen) atoms. The van der Waals surface area contributed by atoms with Crippen molar-refractivity contribution in [2.75, 3.05) is 0 Å². The number of hydrogen-bond acceptors (Lipinski definition) is 2. The van der Waals surface area contributed by atoms with E-state index >= 15 is 0 Å². The Morgan fingerprint density at radius 2 is 0.887 bits per heavy atom. The van der Waals surface area contributed by atoms with Crippen LogP contribution in [-0.2, 0) is 0 Å². The summed E-state index contributed by atoms with van der Waals surface area (Å²) < 4.78 is 13.6. The van der Waals surface area contributed by atoms with Crippen LogP contribution in [0.5, 0.6) is 23.0 Å². The summed E-state index contributed by atoms with van der Waals surface area (Å²) in [6.45, 7) is 18.9. The first-order valence-corrected chi connectivity index (χ1v) is 22.6. The molecule has 5 heteroatoms. The molecule has 0 aromatic heterocycles. The zero-order valence-electron chi connectivity index (χ0n) is 31.6. The van der Waals surface area contributed by atoms with Crippen molar-refractivity contribution in [2.45, 2.75) is 54.3 Å². The lowest BCUT2D eigenvalue weighted by molar-refractivity contribution is 0.486. The highest BCUT2D eigenvalue weighted by Gasteiger charge is 2.44. The zero-order chi connectivity index (χ0) is 36.0. The molecule has 8 aromatic carbocycles. The molecule has 4 aliphatic rings. The van der Waals surface area contributed by atoms with E-state index in [1.54, 1.807) is 0 Å². The maximum atomic E-state index is 6.82. The predicted molar refractivity (Wildman–Crippen MR) is 230 cm³/mol. The van der Waals surface area contributed by atoms with E-state index in [0.29, 0.717) is 0 Å². The van der Waals surface area contributed by atoms with E-state index in [2.05, 4.69) is 139 Å². The number of ether oxygens (including phenoxy) is 2. The molecule has 0 aliphatic carbocycles. The Hall–Kier alpha value is -5.25. The van der Waals surface area contributed by atoms with Crippen molar-refractivity contribution in [1.82, 2.24) is 0 Å². The third-order valence-electron chi connectivity index (χ3n) is 12.9. The lowest BCUT2D eigenvalue weighted by Gasteiger charge is -2.38. The van der Waals surface area contributed by atoms with Crippen LogP contribution >= 0.6 is 0 Å². The summed E-state index contributed by atoms with van der Waals surface area (Å²) in [7, 11) is -1.88.